The standard InChI is InChI=1S/C18H31N5O9/c1-3-8(2)14(20)17(30)22-10(6-12(19)25)15(28)23-11(7-24)16(29)21-9(18(31)32)4-5-13(26)27/h8-11,14,24H,3-7,20H2,1-2H3,(H2,19,25)(H,21,29)(H,22,30)(H,23,28)(H,26,27)(H,31,32). The number of nitrogens with two attached hydrogens (primary N) is 2. The predicted octanol–water partition coefficient (Wildman–Crippen LogP) is -3.37. The summed E-state index contributed by atoms with van der Waals surface area (Å²) in [6, 6.07) is -5.71. The number of aliphatic carboxylic acids is 2. The van der Waals surface area contributed by atoms with E-state index >= 15 is 0 Å². The van der Waals surface area contributed by atoms with E-state index in [4.69, 9.17) is 21.7 Å². The highest BCUT2D eigenvalue weighted by Crippen LogP contribution is 2.06. The Hall–Kier alpha value is -3.26. The van der Waals surface area contributed by atoms with Crippen molar-refractivity contribution >= 4 is 35.6 Å². The average molecular weight is 461 g/mol. The van der Waals surface area contributed by atoms with E-state index in [0.29, 0.717) is 6.42 Å². The summed E-state index contributed by atoms with van der Waals surface area (Å²) in [5.74, 6) is -6.85. The number of carbonyl (C=O) groups excluding carboxylic acids is 4. The molecule has 0 spiro atoms. The lowest BCUT2D eigenvalue weighted by Gasteiger charge is -2.24. The molecule has 0 rings (SSSR count). The van der Waals surface area contributed by atoms with Crippen molar-refractivity contribution in [2.75, 3.05) is 6.61 Å². The molecule has 32 heavy (non-hydrogen) atoms. The molecule has 0 radical (unpaired) electrons. The summed E-state index contributed by atoms with van der Waals surface area (Å²) in [5.41, 5.74) is 10.9. The van der Waals surface area contributed by atoms with Crippen LogP contribution in [0, 0.1) is 5.92 Å². The van der Waals surface area contributed by atoms with Gasteiger partial charge >= 0.3 is 11.9 Å². The van der Waals surface area contributed by atoms with Crippen molar-refractivity contribution in [2.24, 2.45) is 17.4 Å². The minimum absolute atomic E-state index is 0.234. The molecule has 0 aliphatic rings. The van der Waals surface area contributed by atoms with E-state index < -0.39 is 85.6 Å². The monoisotopic (exact) mass is 461 g/mol. The molecule has 0 heterocycles. The molecule has 10 N–H and O–H groups in total. The highest BCUT2D eigenvalue weighted by atomic mass is 16.4. The molecule has 0 aliphatic heterocycles. The zero-order chi connectivity index (χ0) is 25.0. The topological polar surface area (TPSA) is 251 Å². The summed E-state index contributed by atoms with van der Waals surface area (Å²) < 4.78 is 0. The van der Waals surface area contributed by atoms with Gasteiger partial charge in [0.25, 0.3) is 0 Å². The largest absolute Gasteiger partial charge is 0.481 e. The normalized spacial score (nSPS) is 15.4. The number of amides is 4. The fraction of sp³-hybridized carbons (Fsp3) is 0.667. The molecular formula is C18H31N5O9. The Balaban J connectivity index is 5.29. The average Bonchev–Trinajstić information content (AvgIpc) is 2.71. The maximum absolute atomic E-state index is 12.5. The molecule has 0 saturated heterocycles. The Bertz CT molecular complexity index is 715. The lowest BCUT2D eigenvalue weighted by Crippen LogP contribution is -2.59. The molecule has 5 atom stereocenters. The number of carboxylic acids is 2. The van der Waals surface area contributed by atoms with Crippen LogP contribution in [0.2, 0.25) is 0 Å². The lowest BCUT2D eigenvalue weighted by atomic mass is 9.99. The molecule has 0 aliphatic carbocycles. The van der Waals surface area contributed by atoms with E-state index in [-0.39, 0.29) is 5.92 Å². The summed E-state index contributed by atoms with van der Waals surface area (Å²) in [7, 11) is 0. The smallest absolute Gasteiger partial charge is 0.326 e. The van der Waals surface area contributed by atoms with Crippen LogP contribution in [0.3, 0.4) is 0 Å². The van der Waals surface area contributed by atoms with Crippen LogP contribution >= 0.6 is 0 Å². The van der Waals surface area contributed by atoms with Crippen molar-refractivity contribution < 1.29 is 44.1 Å². The summed E-state index contributed by atoms with van der Waals surface area (Å²) in [6.45, 7) is 2.56. The van der Waals surface area contributed by atoms with Gasteiger partial charge in [-0.2, -0.15) is 0 Å². The van der Waals surface area contributed by atoms with Gasteiger partial charge in [-0.1, -0.05) is 20.3 Å². The van der Waals surface area contributed by atoms with Gasteiger partial charge in [0.15, 0.2) is 0 Å². The number of hydrogen-bond acceptors (Lipinski definition) is 8. The van der Waals surface area contributed by atoms with Gasteiger partial charge in [0.05, 0.1) is 19.1 Å². The summed E-state index contributed by atoms with van der Waals surface area (Å²) in [6.07, 6.45) is -1.03. The Kier molecular flexibility index (Phi) is 12.5. The number of nitrogens with one attached hydrogen (secondary N) is 3. The highest BCUT2D eigenvalue weighted by Gasteiger charge is 2.31. The number of hydrogen-bond donors (Lipinski definition) is 8. The van der Waals surface area contributed by atoms with Crippen LogP contribution in [0.4, 0.5) is 0 Å². The Morgan fingerprint density at radius 3 is 1.81 bits per heavy atom. The van der Waals surface area contributed by atoms with Gasteiger partial charge in [0.1, 0.15) is 18.1 Å². The predicted molar refractivity (Wildman–Crippen MR) is 109 cm³/mol. The van der Waals surface area contributed by atoms with E-state index in [2.05, 4.69) is 10.6 Å². The molecule has 182 valence electrons. The Labute approximate surface area is 184 Å². The fourth-order valence-electron chi connectivity index (χ4n) is 2.45. The third-order valence-corrected chi connectivity index (χ3v) is 4.68. The van der Waals surface area contributed by atoms with Gasteiger partial charge in [-0.3, -0.25) is 24.0 Å². The third-order valence-electron chi connectivity index (χ3n) is 4.68. The molecule has 0 aromatic rings. The van der Waals surface area contributed by atoms with Crippen molar-refractivity contribution in [1.82, 2.24) is 16.0 Å². The zero-order valence-corrected chi connectivity index (χ0v) is 17.9. The molecule has 0 fully saturated rings. The summed E-state index contributed by atoms with van der Waals surface area (Å²) >= 11 is 0. The van der Waals surface area contributed by atoms with E-state index in [0.717, 1.165) is 0 Å². The highest BCUT2D eigenvalue weighted by molar-refractivity contribution is 5.96. The molecule has 14 heteroatoms. The minimum Gasteiger partial charge on any atom is -0.481 e. The molecule has 14 nitrogen and oxygen atoms in total. The van der Waals surface area contributed by atoms with Crippen LogP contribution in [0.1, 0.15) is 39.5 Å². The summed E-state index contributed by atoms with van der Waals surface area (Å²) in [4.78, 5) is 70.2. The van der Waals surface area contributed by atoms with Crippen LogP contribution in [0.5, 0.6) is 0 Å². The number of rotatable bonds is 15. The van der Waals surface area contributed by atoms with Gasteiger partial charge in [0, 0.05) is 6.42 Å². The molecule has 0 aromatic heterocycles. The number of aliphatic hydroxyl groups is 1. The first kappa shape index (κ1) is 28.7. The second-order valence-electron chi connectivity index (χ2n) is 7.22. The van der Waals surface area contributed by atoms with E-state index in [1.165, 1.54) is 0 Å². The first-order valence-electron chi connectivity index (χ1n) is 9.84. The SMILES string of the molecule is CCC(C)C(N)C(=O)NC(CC(N)=O)C(=O)NC(CO)C(=O)NC(CCC(=O)O)C(=O)O. The zero-order valence-electron chi connectivity index (χ0n) is 17.9. The van der Waals surface area contributed by atoms with E-state index in [9.17, 15) is 33.9 Å². The number of carboxylic acid groups (broad SMARTS) is 2. The van der Waals surface area contributed by atoms with Gasteiger partial charge < -0.3 is 42.7 Å². The van der Waals surface area contributed by atoms with Crippen molar-refractivity contribution in [3.05, 3.63) is 0 Å². The van der Waals surface area contributed by atoms with Crippen molar-refractivity contribution in [2.45, 2.75) is 63.7 Å². The van der Waals surface area contributed by atoms with Crippen molar-refractivity contribution in [3.8, 4) is 0 Å². The molecule has 5 unspecified atom stereocenters. The molecule has 0 aromatic carbocycles. The minimum atomic E-state index is -1.65. The number of aliphatic hydroxyl groups excluding tert-OH is 1. The summed E-state index contributed by atoms with van der Waals surface area (Å²) in [5, 5.41) is 33.6. The van der Waals surface area contributed by atoms with Crippen LogP contribution in [0.25, 0.3) is 0 Å². The van der Waals surface area contributed by atoms with Gasteiger partial charge in [0.2, 0.25) is 23.6 Å². The van der Waals surface area contributed by atoms with E-state index in [1.807, 2.05) is 5.32 Å². The van der Waals surface area contributed by atoms with Crippen LogP contribution in [-0.4, -0.2) is 81.7 Å². The molecule has 0 saturated carbocycles. The molecular weight excluding hydrogens is 430 g/mol. The molecule has 0 bridgehead atoms. The van der Waals surface area contributed by atoms with Gasteiger partial charge in [-0.25, -0.2) is 4.79 Å². The first-order chi connectivity index (χ1) is 14.8. The van der Waals surface area contributed by atoms with Crippen molar-refractivity contribution in [1.29, 1.82) is 0 Å². The van der Waals surface area contributed by atoms with Gasteiger partial charge in [-0.15, -0.1) is 0 Å². The maximum Gasteiger partial charge on any atom is 0.326 e. The van der Waals surface area contributed by atoms with Crippen LogP contribution in [-0.2, 0) is 28.8 Å². The van der Waals surface area contributed by atoms with Crippen LogP contribution < -0.4 is 27.4 Å². The first-order valence-corrected chi connectivity index (χ1v) is 9.84. The fourth-order valence-corrected chi connectivity index (χ4v) is 2.45. The third kappa shape index (κ3) is 10.2. The number of carbonyl (C=O) groups is 6. The van der Waals surface area contributed by atoms with Crippen molar-refractivity contribution in [3.63, 3.8) is 0 Å². The van der Waals surface area contributed by atoms with Gasteiger partial charge in [-0.05, 0) is 12.3 Å². The lowest BCUT2D eigenvalue weighted by molar-refractivity contribution is -0.144. The van der Waals surface area contributed by atoms with E-state index in [1.54, 1.807) is 13.8 Å². The second kappa shape index (κ2) is 13.9. The Morgan fingerprint density at radius 2 is 1.38 bits per heavy atom. The Morgan fingerprint density at radius 1 is 0.875 bits per heavy atom. The maximum atomic E-state index is 12.5. The van der Waals surface area contributed by atoms with Crippen LogP contribution in [0.15, 0.2) is 0 Å². The second-order valence-corrected chi connectivity index (χ2v) is 7.22. The quantitative estimate of drug-likeness (QED) is 0.120. The number of primary amides is 1. The molecule has 4 amide bonds.